The fourth-order valence-corrected chi connectivity index (χ4v) is 3.21. The van der Waals surface area contributed by atoms with E-state index in [1.165, 1.54) is 23.9 Å². The third-order valence-corrected chi connectivity index (χ3v) is 4.60. The van der Waals surface area contributed by atoms with E-state index in [0.717, 1.165) is 21.8 Å². The van der Waals surface area contributed by atoms with Crippen LogP contribution in [0.3, 0.4) is 0 Å². The van der Waals surface area contributed by atoms with Crippen molar-refractivity contribution < 1.29 is 19.1 Å². The van der Waals surface area contributed by atoms with Gasteiger partial charge in [0.1, 0.15) is 10.7 Å². The van der Waals surface area contributed by atoms with Gasteiger partial charge < -0.3 is 10.4 Å². The van der Waals surface area contributed by atoms with Crippen molar-refractivity contribution in [1.29, 1.82) is 0 Å². The van der Waals surface area contributed by atoms with Crippen LogP contribution in [0.5, 0.6) is 0 Å². The molecule has 0 fully saturated rings. The minimum Gasteiger partial charge on any atom is -0.477 e. The van der Waals surface area contributed by atoms with Gasteiger partial charge in [0.2, 0.25) is 5.91 Å². The Morgan fingerprint density at radius 2 is 2.00 bits per heavy atom. The van der Waals surface area contributed by atoms with Crippen molar-refractivity contribution in [3.63, 3.8) is 0 Å². The van der Waals surface area contributed by atoms with Gasteiger partial charge in [0.15, 0.2) is 0 Å². The van der Waals surface area contributed by atoms with Gasteiger partial charge in [-0.1, -0.05) is 12.1 Å². The number of carbonyl (C=O) groups is 2. The number of thioether (sulfide) groups is 1. The van der Waals surface area contributed by atoms with Crippen molar-refractivity contribution >= 4 is 35.0 Å². The normalized spacial score (nSPS) is 10.3. The number of hydrogen-bond acceptors (Lipinski definition) is 4. The zero-order chi connectivity index (χ0) is 15.2. The molecule has 0 bridgehead atoms. The maximum absolute atomic E-state index is 12.7. The summed E-state index contributed by atoms with van der Waals surface area (Å²) in [7, 11) is 0. The molecule has 1 aromatic heterocycles. The van der Waals surface area contributed by atoms with Gasteiger partial charge in [-0.05, 0) is 23.8 Å². The van der Waals surface area contributed by atoms with Crippen molar-refractivity contribution in [3.05, 3.63) is 52.0 Å². The van der Waals surface area contributed by atoms with Gasteiger partial charge in [-0.25, -0.2) is 9.18 Å². The van der Waals surface area contributed by atoms with Crippen LogP contribution in [0.15, 0.2) is 40.6 Å². The Labute approximate surface area is 129 Å². The van der Waals surface area contributed by atoms with Gasteiger partial charge in [0.05, 0.1) is 5.75 Å². The van der Waals surface area contributed by atoms with E-state index in [9.17, 15) is 14.0 Å². The molecule has 110 valence electrons. The van der Waals surface area contributed by atoms with Gasteiger partial charge in [-0.3, -0.25) is 4.79 Å². The molecule has 1 aromatic carbocycles. The van der Waals surface area contributed by atoms with Gasteiger partial charge in [0.25, 0.3) is 0 Å². The van der Waals surface area contributed by atoms with E-state index in [2.05, 4.69) is 5.32 Å². The van der Waals surface area contributed by atoms with Crippen LogP contribution >= 0.6 is 23.1 Å². The number of carboxylic acids is 1. The first kappa shape index (κ1) is 15.5. The summed E-state index contributed by atoms with van der Waals surface area (Å²) in [6, 6.07) is 7.45. The maximum Gasteiger partial charge on any atom is 0.345 e. The summed E-state index contributed by atoms with van der Waals surface area (Å²) in [5, 5.41) is 13.2. The topological polar surface area (TPSA) is 66.4 Å². The molecule has 0 spiro atoms. The Kier molecular flexibility index (Phi) is 5.35. The third-order valence-electron chi connectivity index (χ3n) is 2.56. The van der Waals surface area contributed by atoms with Crippen LogP contribution < -0.4 is 5.32 Å². The maximum atomic E-state index is 12.7. The third kappa shape index (κ3) is 4.87. The van der Waals surface area contributed by atoms with Crippen LogP contribution in [-0.2, 0) is 11.3 Å². The number of hydrogen-bond donors (Lipinski definition) is 2. The summed E-state index contributed by atoms with van der Waals surface area (Å²) in [4.78, 5) is 23.4. The predicted molar refractivity (Wildman–Crippen MR) is 80.2 cm³/mol. The fraction of sp³-hybridized carbons (Fsp3) is 0.143. The largest absolute Gasteiger partial charge is 0.477 e. The number of nitrogens with one attached hydrogen (secondary N) is 1. The molecule has 7 heteroatoms. The van der Waals surface area contributed by atoms with Crippen molar-refractivity contribution in [2.45, 2.75) is 11.4 Å². The van der Waals surface area contributed by atoms with Crippen molar-refractivity contribution in [1.82, 2.24) is 5.32 Å². The minimum absolute atomic E-state index is 0.160. The van der Waals surface area contributed by atoms with Crippen molar-refractivity contribution in [3.8, 4) is 0 Å². The van der Waals surface area contributed by atoms with E-state index in [0.29, 0.717) is 6.54 Å². The molecule has 2 N–H and O–H groups in total. The van der Waals surface area contributed by atoms with E-state index >= 15 is 0 Å². The molecule has 0 atom stereocenters. The van der Waals surface area contributed by atoms with Gasteiger partial charge in [-0.2, -0.15) is 0 Å². The molecule has 0 saturated heterocycles. The Balaban J connectivity index is 1.76. The summed E-state index contributed by atoms with van der Waals surface area (Å²) in [6.07, 6.45) is 0. The monoisotopic (exact) mass is 325 g/mol. The number of aromatic carboxylic acids is 1. The average Bonchev–Trinajstić information content (AvgIpc) is 2.93. The lowest BCUT2D eigenvalue weighted by atomic mass is 10.2. The summed E-state index contributed by atoms with van der Waals surface area (Å²) in [5.74, 6) is -1.23. The van der Waals surface area contributed by atoms with Gasteiger partial charge >= 0.3 is 5.97 Å². The lowest BCUT2D eigenvalue weighted by Crippen LogP contribution is -2.24. The van der Waals surface area contributed by atoms with E-state index in [-0.39, 0.29) is 22.4 Å². The minimum atomic E-state index is -0.965. The smallest absolute Gasteiger partial charge is 0.345 e. The molecule has 2 rings (SSSR count). The Hall–Kier alpha value is -1.86. The quantitative estimate of drug-likeness (QED) is 0.801. The molecule has 0 aliphatic rings. The number of benzene rings is 1. The standard InChI is InChI=1S/C14H12FNO3S2/c15-10-3-1-9(2-4-10)6-16-13(17)8-20-11-5-12(14(18)19)21-7-11/h1-5,7H,6,8H2,(H,16,17)(H,18,19). The van der Waals surface area contributed by atoms with E-state index in [4.69, 9.17) is 5.11 Å². The molecular weight excluding hydrogens is 313 g/mol. The zero-order valence-electron chi connectivity index (χ0n) is 10.8. The Bertz CT molecular complexity index is 640. The second kappa shape index (κ2) is 7.24. The Morgan fingerprint density at radius 1 is 1.29 bits per heavy atom. The first-order valence-electron chi connectivity index (χ1n) is 6.00. The average molecular weight is 325 g/mol. The first-order chi connectivity index (χ1) is 10.0. The zero-order valence-corrected chi connectivity index (χ0v) is 12.5. The molecule has 4 nitrogen and oxygen atoms in total. The molecule has 0 aliphatic heterocycles. The molecule has 1 amide bonds. The Morgan fingerprint density at radius 3 is 2.62 bits per heavy atom. The number of thiophene rings is 1. The highest BCUT2D eigenvalue weighted by Crippen LogP contribution is 2.24. The number of rotatable bonds is 6. The predicted octanol–water partition coefficient (Wildman–Crippen LogP) is 2.99. The van der Waals surface area contributed by atoms with Crippen LogP contribution in [-0.4, -0.2) is 22.7 Å². The number of amides is 1. The van der Waals surface area contributed by atoms with E-state index < -0.39 is 5.97 Å². The highest BCUT2D eigenvalue weighted by atomic mass is 32.2. The molecule has 0 saturated carbocycles. The molecule has 1 heterocycles. The van der Waals surface area contributed by atoms with E-state index in [1.54, 1.807) is 23.6 Å². The molecule has 2 aromatic rings. The van der Waals surface area contributed by atoms with Crippen LogP contribution in [0.4, 0.5) is 4.39 Å². The number of carboxylic acid groups (broad SMARTS) is 1. The summed E-state index contributed by atoms with van der Waals surface area (Å²) >= 11 is 2.41. The van der Waals surface area contributed by atoms with Crippen LogP contribution in [0.25, 0.3) is 0 Å². The lowest BCUT2D eigenvalue weighted by Gasteiger charge is -2.04. The van der Waals surface area contributed by atoms with Crippen molar-refractivity contribution in [2.75, 3.05) is 5.75 Å². The van der Waals surface area contributed by atoms with Crippen LogP contribution in [0.1, 0.15) is 15.2 Å². The van der Waals surface area contributed by atoms with Gasteiger partial charge in [-0.15, -0.1) is 23.1 Å². The summed E-state index contributed by atoms with van der Waals surface area (Å²) < 4.78 is 12.7. The van der Waals surface area contributed by atoms with Crippen molar-refractivity contribution in [2.24, 2.45) is 0 Å². The molecule has 0 aliphatic carbocycles. The second-order valence-electron chi connectivity index (χ2n) is 4.14. The summed E-state index contributed by atoms with van der Waals surface area (Å²) in [6.45, 7) is 0.337. The van der Waals surface area contributed by atoms with E-state index in [1.807, 2.05) is 0 Å². The number of carbonyl (C=O) groups excluding carboxylic acids is 1. The lowest BCUT2D eigenvalue weighted by molar-refractivity contribution is -0.118. The number of halogens is 1. The molecular formula is C14H12FNO3S2. The SMILES string of the molecule is O=C(CSc1csc(C(=O)O)c1)NCc1ccc(F)cc1. The van der Waals surface area contributed by atoms with Crippen LogP contribution in [0.2, 0.25) is 0 Å². The molecule has 0 unspecified atom stereocenters. The molecule has 21 heavy (non-hydrogen) atoms. The highest BCUT2D eigenvalue weighted by Gasteiger charge is 2.09. The second-order valence-corrected chi connectivity index (χ2v) is 6.10. The van der Waals surface area contributed by atoms with Gasteiger partial charge in [0, 0.05) is 16.8 Å². The summed E-state index contributed by atoms with van der Waals surface area (Å²) in [5.41, 5.74) is 0.818. The molecule has 0 radical (unpaired) electrons. The van der Waals surface area contributed by atoms with Crippen LogP contribution in [0, 0.1) is 5.82 Å². The highest BCUT2D eigenvalue weighted by molar-refractivity contribution is 8.00. The fourth-order valence-electron chi connectivity index (χ4n) is 1.51. The first-order valence-corrected chi connectivity index (χ1v) is 7.87.